The van der Waals surface area contributed by atoms with E-state index in [1.165, 1.54) is 23.5 Å². The lowest BCUT2D eigenvalue weighted by atomic mass is 10.2. The molecule has 6 nitrogen and oxygen atoms in total. The van der Waals surface area contributed by atoms with Crippen molar-refractivity contribution in [3.05, 3.63) is 52.5 Å². The Bertz CT molecular complexity index is 756. The highest BCUT2D eigenvalue weighted by atomic mass is 32.1. The predicted molar refractivity (Wildman–Crippen MR) is 79.9 cm³/mol. The number of aromatic nitrogens is 2. The van der Waals surface area contributed by atoms with Crippen molar-refractivity contribution in [2.75, 3.05) is 5.32 Å². The monoisotopic (exact) mass is 318 g/mol. The van der Waals surface area contributed by atoms with Gasteiger partial charge in [-0.25, -0.2) is 9.18 Å². The van der Waals surface area contributed by atoms with E-state index >= 15 is 0 Å². The lowest BCUT2D eigenvalue weighted by Gasteiger charge is -2.04. The Hall–Kier alpha value is -2.74. The second kappa shape index (κ2) is 6.35. The van der Waals surface area contributed by atoms with E-state index in [1.807, 2.05) is 16.8 Å². The summed E-state index contributed by atoms with van der Waals surface area (Å²) in [5.74, 6) is 0.0232. The fourth-order valence-corrected chi connectivity index (χ4v) is 2.33. The smallest absolute Gasteiger partial charge is 0.324 e. The summed E-state index contributed by atoms with van der Waals surface area (Å²) in [7, 11) is 0. The molecule has 0 aliphatic carbocycles. The first kappa shape index (κ1) is 14.2. The minimum absolute atomic E-state index is 0.0119. The van der Waals surface area contributed by atoms with Crippen molar-refractivity contribution in [2.24, 2.45) is 0 Å². The van der Waals surface area contributed by atoms with Crippen LogP contribution in [0.25, 0.3) is 11.5 Å². The highest BCUT2D eigenvalue weighted by molar-refractivity contribution is 7.08. The van der Waals surface area contributed by atoms with Gasteiger partial charge >= 0.3 is 12.0 Å². The van der Waals surface area contributed by atoms with Gasteiger partial charge in [-0.15, -0.1) is 5.10 Å². The molecule has 22 heavy (non-hydrogen) atoms. The molecule has 0 fully saturated rings. The summed E-state index contributed by atoms with van der Waals surface area (Å²) in [4.78, 5) is 11.7. The van der Waals surface area contributed by atoms with Gasteiger partial charge in [0.2, 0.25) is 0 Å². The van der Waals surface area contributed by atoms with Crippen molar-refractivity contribution in [3.63, 3.8) is 0 Å². The molecular formula is C14H11FN4O2S. The Labute approximate surface area is 129 Å². The molecule has 0 spiro atoms. The molecule has 3 aromatic rings. The van der Waals surface area contributed by atoms with E-state index in [0.717, 1.165) is 11.1 Å². The largest absolute Gasteiger partial charge is 0.403 e. The van der Waals surface area contributed by atoms with E-state index in [0.29, 0.717) is 5.89 Å². The van der Waals surface area contributed by atoms with Crippen molar-refractivity contribution < 1.29 is 13.6 Å². The van der Waals surface area contributed by atoms with Crippen molar-refractivity contribution in [1.29, 1.82) is 0 Å². The van der Waals surface area contributed by atoms with Gasteiger partial charge in [0.25, 0.3) is 5.89 Å². The van der Waals surface area contributed by atoms with Crippen LogP contribution >= 0.6 is 11.3 Å². The van der Waals surface area contributed by atoms with Crippen LogP contribution < -0.4 is 10.6 Å². The first-order valence-corrected chi connectivity index (χ1v) is 7.30. The second-order valence-electron chi connectivity index (χ2n) is 4.36. The topological polar surface area (TPSA) is 80.0 Å². The van der Waals surface area contributed by atoms with Crippen LogP contribution in [0, 0.1) is 5.82 Å². The molecule has 8 heteroatoms. The number of benzene rings is 1. The minimum Gasteiger partial charge on any atom is -0.403 e. The molecule has 0 aliphatic heterocycles. The number of hydrogen-bond acceptors (Lipinski definition) is 5. The van der Waals surface area contributed by atoms with Gasteiger partial charge < -0.3 is 9.73 Å². The van der Waals surface area contributed by atoms with Gasteiger partial charge in [0, 0.05) is 17.5 Å². The van der Waals surface area contributed by atoms with Crippen molar-refractivity contribution in [1.82, 2.24) is 15.5 Å². The number of anilines is 1. The number of carbonyl (C=O) groups excluding carboxylic acids is 1. The third kappa shape index (κ3) is 3.47. The minimum atomic E-state index is -0.482. The third-order valence-electron chi connectivity index (χ3n) is 2.78. The number of carbonyl (C=O) groups is 1. The third-order valence-corrected chi connectivity index (χ3v) is 3.46. The maximum atomic E-state index is 12.8. The first-order chi connectivity index (χ1) is 10.7. The Kier molecular flexibility index (Phi) is 4.10. The normalized spacial score (nSPS) is 10.4. The van der Waals surface area contributed by atoms with E-state index in [-0.39, 0.29) is 18.4 Å². The van der Waals surface area contributed by atoms with E-state index in [2.05, 4.69) is 20.8 Å². The highest BCUT2D eigenvalue weighted by Gasteiger charge is 2.11. The van der Waals surface area contributed by atoms with Crippen LogP contribution in [0.3, 0.4) is 0 Å². The first-order valence-electron chi connectivity index (χ1n) is 6.36. The maximum absolute atomic E-state index is 12.8. The molecule has 0 saturated heterocycles. The van der Waals surface area contributed by atoms with Gasteiger partial charge in [-0.3, -0.25) is 5.32 Å². The fraction of sp³-hybridized carbons (Fsp3) is 0.0714. The summed E-state index contributed by atoms with van der Waals surface area (Å²) >= 11 is 1.51. The van der Waals surface area contributed by atoms with Crippen LogP contribution in [0.15, 0.2) is 45.5 Å². The molecule has 2 amide bonds. The van der Waals surface area contributed by atoms with Crippen LogP contribution in [0.1, 0.15) is 5.56 Å². The van der Waals surface area contributed by atoms with Gasteiger partial charge in [0.05, 0.1) is 0 Å². The molecule has 0 radical (unpaired) electrons. The molecule has 0 saturated carbocycles. The van der Waals surface area contributed by atoms with E-state index in [4.69, 9.17) is 4.42 Å². The molecule has 112 valence electrons. The molecule has 2 N–H and O–H groups in total. The molecule has 2 aromatic heterocycles. The van der Waals surface area contributed by atoms with Crippen LogP contribution in [0.4, 0.5) is 15.2 Å². The molecule has 1 aromatic carbocycles. The predicted octanol–water partition coefficient (Wildman–Crippen LogP) is 3.26. The summed E-state index contributed by atoms with van der Waals surface area (Å²) in [6.07, 6.45) is 0. The lowest BCUT2D eigenvalue weighted by Crippen LogP contribution is -2.28. The van der Waals surface area contributed by atoms with E-state index in [1.54, 1.807) is 12.1 Å². The highest BCUT2D eigenvalue weighted by Crippen LogP contribution is 2.21. The van der Waals surface area contributed by atoms with Gasteiger partial charge in [-0.05, 0) is 29.1 Å². The molecule has 0 atom stereocenters. The Morgan fingerprint density at radius 1 is 1.23 bits per heavy atom. The average Bonchev–Trinajstić information content (AvgIpc) is 3.17. The zero-order valence-corrected chi connectivity index (χ0v) is 12.1. The standard InChI is InChI=1S/C14H11FN4O2S/c15-11-3-1-9(2-4-11)7-16-13(20)17-14-19-18-12(21-14)10-5-6-22-8-10/h1-6,8H,7H2,(H2,16,17,19,20). The van der Waals surface area contributed by atoms with E-state index < -0.39 is 6.03 Å². The summed E-state index contributed by atoms with van der Waals surface area (Å²) in [6, 6.07) is 7.23. The van der Waals surface area contributed by atoms with Crippen molar-refractivity contribution >= 4 is 23.4 Å². The molecule has 0 aliphatic rings. The number of nitrogens with one attached hydrogen (secondary N) is 2. The average molecular weight is 318 g/mol. The molecular weight excluding hydrogens is 307 g/mol. The number of thiophene rings is 1. The number of urea groups is 1. The summed E-state index contributed by atoms with van der Waals surface area (Å²) in [6.45, 7) is 0.262. The lowest BCUT2D eigenvalue weighted by molar-refractivity contribution is 0.251. The fourth-order valence-electron chi connectivity index (χ4n) is 1.70. The van der Waals surface area contributed by atoms with Crippen LogP contribution in [0.2, 0.25) is 0 Å². The van der Waals surface area contributed by atoms with Crippen molar-refractivity contribution in [2.45, 2.75) is 6.54 Å². The van der Waals surface area contributed by atoms with Crippen LogP contribution in [-0.2, 0) is 6.54 Å². The molecule has 0 bridgehead atoms. The maximum Gasteiger partial charge on any atom is 0.324 e. The van der Waals surface area contributed by atoms with E-state index in [9.17, 15) is 9.18 Å². The summed E-state index contributed by atoms with van der Waals surface area (Å²) in [5, 5.41) is 16.4. The Morgan fingerprint density at radius 3 is 2.77 bits per heavy atom. The summed E-state index contributed by atoms with van der Waals surface area (Å²) in [5.41, 5.74) is 1.58. The Morgan fingerprint density at radius 2 is 2.05 bits per heavy atom. The zero-order valence-electron chi connectivity index (χ0n) is 11.2. The number of halogens is 1. The van der Waals surface area contributed by atoms with Crippen molar-refractivity contribution in [3.8, 4) is 11.5 Å². The number of amides is 2. The molecule has 3 rings (SSSR count). The van der Waals surface area contributed by atoms with Gasteiger partial charge in [-0.1, -0.05) is 17.2 Å². The number of hydrogen-bond donors (Lipinski definition) is 2. The number of nitrogens with zero attached hydrogens (tertiary/aromatic N) is 2. The second-order valence-corrected chi connectivity index (χ2v) is 5.14. The zero-order chi connectivity index (χ0) is 15.4. The van der Waals surface area contributed by atoms with Gasteiger partial charge in [0.1, 0.15) is 5.82 Å². The SMILES string of the molecule is O=C(NCc1ccc(F)cc1)Nc1nnc(-c2ccsc2)o1. The number of rotatable bonds is 4. The summed E-state index contributed by atoms with van der Waals surface area (Å²) < 4.78 is 18.1. The van der Waals surface area contributed by atoms with Gasteiger partial charge in [-0.2, -0.15) is 11.3 Å². The molecule has 0 unspecified atom stereocenters. The molecule has 2 heterocycles. The quantitative estimate of drug-likeness (QED) is 0.774. The van der Waals surface area contributed by atoms with Gasteiger partial charge in [0.15, 0.2) is 0 Å². The Balaban J connectivity index is 1.54. The van der Waals surface area contributed by atoms with Crippen LogP contribution in [-0.4, -0.2) is 16.2 Å². The van der Waals surface area contributed by atoms with Crippen LogP contribution in [0.5, 0.6) is 0 Å².